The molecule has 1 saturated carbocycles. The van der Waals surface area contributed by atoms with E-state index in [0.29, 0.717) is 32.1 Å². The lowest BCUT2D eigenvalue weighted by Crippen LogP contribution is -2.40. The van der Waals surface area contributed by atoms with Crippen molar-refractivity contribution in [2.45, 2.75) is 49.1 Å². The van der Waals surface area contributed by atoms with Crippen molar-refractivity contribution in [3.63, 3.8) is 0 Å². The number of hydrogen-bond donors (Lipinski definition) is 1. The van der Waals surface area contributed by atoms with Crippen LogP contribution in [0.4, 0.5) is 0 Å². The van der Waals surface area contributed by atoms with E-state index in [-0.39, 0.29) is 16.4 Å². The first-order chi connectivity index (χ1) is 8.07. The zero-order chi connectivity index (χ0) is 12.5. The summed E-state index contributed by atoms with van der Waals surface area (Å²) >= 11 is 0. The average Bonchev–Trinajstić information content (AvgIpc) is 2.72. The smallest absolute Gasteiger partial charge is 0.156 e. The van der Waals surface area contributed by atoms with Gasteiger partial charge in [0.1, 0.15) is 0 Å². The van der Waals surface area contributed by atoms with E-state index in [1.54, 1.807) is 0 Å². The molecule has 100 valence electrons. The predicted molar refractivity (Wildman–Crippen MR) is 67.8 cm³/mol. The predicted octanol–water partition coefficient (Wildman–Crippen LogP) is 0.967. The minimum atomic E-state index is -2.97. The molecule has 4 nitrogen and oxygen atoms in total. The van der Waals surface area contributed by atoms with Crippen molar-refractivity contribution >= 4 is 9.84 Å². The molecule has 2 rings (SSSR count). The molecule has 1 saturated heterocycles. The van der Waals surface area contributed by atoms with Gasteiger partial charge in [-0.1, -0.05) is 6.92 Å². The summed E-state index contributed by atoms with van der Waals surface area (Å²) in [5.74, 6) is 0.229. The van der Waals surface area contributed by atoms with Crippen LogP contribution in [-0.4, -0.2) is 45.2 Å². The molecule has 0 aromatic heterocycles. The van der Waals surface area contributed by atoms with Gasteiger partial charge in [-0.15, -0.1) is 0 Å². The van der Waals surface area contributed by atoms with Gasteiger partial charge in [0.05, 0.1) is 10.5 Å². The van der Waals surface area contributed by atoms with E-state index >= 15 is 0 Å². The molecule has 0 aromatic carbocycles. The van der Waals surface area contributed by atoms with Crippen molar-refractivity contribution in [3.05, 3.63) is 0 Å². The van der Waals surface area contributed by atoms with E-state index in [9.17, 15) is 8.42 Å². The first-order valence-electron chi connectivity index (χ1n) is 6.55. The van der Waals surface area contributed by atoms with Gasteiger partial charge in [0.2, 0.25) is 0 Å². The van der Waals surface area contributed by atoms with E-state index in [2.05, 4.69) is 12.2 Å². The van der Waals surface area contributed by atoms with Crippen LogP contribution in [0.2, 0.25) is 0 Å². The van der Waals surface area contributed by atoms with Gasteiger partial charge in [0.25, 0.3) is 0 Å². The lowest BCUT2D eigenvalue weighted by atomic mass is 10.1. The Balaban J connectivity index is 2.10. The second-order valence-corrected chi connectivity index (χ2v) is 7.72. The van der Waals surface area contributed by atoms with E-state index in [0.717, 1.165) is 12.8 Å². The largest absolute Gasteiger partial charge is 0.381 e. The van der Waals surface area contributed by atoms with Gasteiger partial charge in [-0.2, -0.15) is 0 Å². The van der Waals surface area contributed by atoms with E-state index < -0.39 is 9.84 Å². The highest BCUT2D eigenvalue weighted by Gasteiger charge is 2.43. The summed E-state index contributed by atoms with van der Waals surface area (Å²) in [6.45, 7) is 3.26. The molecule has 1 aliphatic carbocycles. The summed E-state index contributed by atoms with van der Waals surface area (Å²) in [7, 11) is -1.05. The summed E-state index contributed by atoms with van der Waals surface area (Å²) in [6.07, 6.45) is 3.14. The van der Waals surface area contributed by atoms with Crippen LogP contribution in [0.1, 0.15) is 32.6 Å². The third kappa shape index (κ3) is 2.51. The van der Waals surface area contributed by atoms with Gasteiger partial charge in [-0.3, -0.25) is 0 Å². The Morgan fingerprint density at radius 3 is 2.29 bits per heavy atom. The first-order valence-corrected chi connectivity index (χ1v) is 8.16. The first kappa shape index (κ1) is 13.3. The number of nitrogens with one attached hydrogen (secondary N) is 1. The van der Waals surface area contributed by atoms with Crippen LogP contribution < -0.4 is 5.32 Å². The van der Waals surface area contributed by atoms with E-state index in [4.69, 9.17) is 4.74 Å². The Morgan fingerprint density at radius 2 is 1.76 bits per heavy atom. The third-order valence-electron chi connectivity index (χ3n) is 4.41. The topological polar surface area (TPSA) is 55.4 Å². The molecule has 1 heterocycles. The Labute approximate surface area is 104 Å². The van der Waals surface area contributed by atoms with Crippen LogP contribution in [0.15, 0.2) is 0 Å². The third-order valence-corrected chi connectivity index (χ3v) is 7.32. The second-order valence-electron chi connectivity index (χ2n) is 5.27. The average molecular weight is 261 g/mol. The highest BCUT2D eigenvalue weighted by molar-refractivity contribution is 7.92. The summed E-state index contributed by atoms with van der Waals surface area (Å²) in [6, 6.07) is 0.356. The zero-order valence-electron chi connectivity index (χ0n) is 10.7. The summed E-state index contributed by atoms with van der Waals surface area (Å²) in [5.41, 5.74) is 0. The molecule has 3 atom stereocenters. The normalized spacial score (nSPS) is 36.2. The molecule has 3 unspecified atom stereocenters. The molecule has 0 amide bonds. The molecule has 1 N–H and O–H groups in total. The quantitative estimate of drug-likeness (QED) is 0.822. The lowest BCUT2D eigenvalue weighted by Gasteiger charge is -2.28. The SMILES string of the molecule is CNC1CCC(S(=O)(=O)C2CCOCC2)C1C. The molecule has 17 heavy (non-hydrogen) atoms. The van der Waals surface area contributed by atoms with Gasteiger partial charge in [0.15, 0.2) is 9.84 Å². The molecule has 0 bridgehead atoms. The molecule has 0 spiro atoms. The highest BCUT2D eigenvalue weighted by Crippen LogP contribution is 2.35. The molecular formula is C12H23NO3S. The Hall–Kier alpha value is -0.130. The van der Waals surface area contributed by atoms with Gasteiger partial charge in [0, 0.05) is 19.3 Å². The monoisotopic (exact) mass is 261 g/mol. The minimum Gasteiger partial charge on any atom is -0.381 e. The van der Waals surface area contributed by atoms with Crippen molar-refractivity contribution in [2.24, 2.45) is 5.92 Å². The van der Waals surface area contributed by atoms with Gasteiger partial charge in [-0.05, 0) is 38.6 Å². The lowest BCUT2D eigenvalue weighted by molar-refractivity contribution is 0.0981. The molecule has 2 fully saturated rings. The Kier molecular flexibility index (Phi) is 4.10. The van der Waals surface area contributed by atoms with Crippen LogP contribution in [0.5, 0.6) is 0 Å². The van der Waals surface area contributed by atoms with E-state index in [1.165, 1.54) is 0 Å². The van der Waals surface area contributed by atoms with Crippen molar-refractivity contribution in [2.75, 3.05) is 20.3 Å². The second kappa shape index (κ2) is 5.24. The summed E-state index contributed by atoms with van der Waals surface area (Å²) in [5, 5.41) is 2.91. The fourth-order valence-corrected chi connectivity index (χ4v) is 5.85. The van der Waals surface area contributed by atoms with Crippen LogP contribution >= 0.6 is 0 Å². The Morgan fingerprint density at radius 1 is 1.12 bits per heavy atom. The number of hydrogen-bond acceptors (Lipinski definition) is 4. The Bertz CT molecular complexity index is 349. The zero-order valence-corrected chi connectivity index (χ0v) is 11.5. The maximum absolute atomic E-state index is 12.6. The van der Waals surface area contributed by atoms with Gasteiger partial charge < -0.3 is 10.1 Å². The molecule has 5 heteroatoms. The van der Waals surface area contributed by atoms with Crippen molar-refractivity contribution in [3.8, 4) is 0 Å². The van der Waals surface area contributed by atoms with E-state index in [1.807, 2.05) is 7.05 Å². The molecule has 2 aliphatic rings. The fourth-order valence-electron chi connectivity index (χ4n) is 3.25. The maximum atomic E-state index is 12.6. The molecule has 0 radical (unpaired) electrons. The highest BCUT2D eigenvalue weighted by atomic mass is 32.2. The van der Waals surface area contributed by atoms with Crippen LogP contribution in [0.3, 0.4) is 0 Å². The summed E-state index contributed by atoms with van der Waals surface area (Å²) in [4.78, 5) is 0. The number of sulfone groups is 1. The van der Waals surface area contributed by atoms with Crippen LogP contribution in [-0.2, 0) is 14.6 Å². The minimum absolute atomic E-state index is 0.150. The standard InChI is InChI=1S/C12H23NO3S/c1-9-11(13-2)3-4-12(9)17(14,15)10-5-7-16-8-6-10/h9-13H,3-8H2,1-2H3. The van der Waals surface area contributed by atoms with Crippen LogP contribution in [0, 0.1) is 5.92 Å². The molecular weight excluding hydrogens is 238 g/mol. The molecule has 0 aromatic rings. The number of rotatable bonds is 3. The van der Waals surface area contributed by atoms with Crippen molar-refractivity contribution < 1.29 is 13.2 Å². The van der Waals surface area contributed by atoms with Gasteiger partial charge in [-0.25, -0.2) is 8.42 Å². The molecule has 1 aliphatic heterocycles. The fraction of sp³-hybridized carbons (Fsp3) is 1.00. The van der Waals surface area contributed by atoms with Crippen LogP contribution in [0.25, 0.3) is 0 Å². The van der Waals surface area contributed by atoms with Gasteiger partial charge >= 0.3 is 0 Å². The maximum Gasteiger partial charge on any atom is 0.156 e. The summed E-state index contributed by atoms with van der Waals surface area (Å²) < 4.78 is 30.4. The van der Waals surface area contributed by atoms with Crippen molar-refractivity contribution in [1.29, 1.82) is 0 Å². The van der Waals surface area contributed by atoms with Crippen molar-refractivity contribution in [1.82, 2.24) is 5.32 Å². The number of ether oxygens (including phenoxy) is 1.